The maximum atomic E-state index is 12.8. The van der Waals surface area contributed by atoms with Crippen molar-refractivity contribution in [2.75, 3.05) is 0 Å². The van der Waals surface area contributed by atoms with E-state index >= 15 is 0 Å². The summed E-state index contributed by atoms with van der Waals surface area (Å²) in [5.74, 6) is 0.509. The summed E-state index contributed by atoms with van der Waals surface area (Å²) in [6.45, 7) is -1.36. The molecule has 1 aromatic carbocycles. The van der Waals surface area contributed by atoms with Gasteiger partial charge in [-0.1, -0.05) is 6.07 Å². The molecule has 8 heteroatoms. The van der Waals surface area contributed by atoms with Crippen molar-refractivity contribution in [3.8, 4) is 5.75 Å². The van der Waals surface area contributed by atoms with Gasteiger partial charge in [0.1, 0.15) is 11.5 Å². The third-order valence-electron chi connectivity index (χ3n) is 3.66. The van der Waals surface area contributed by atoms with Gasteiger partial charge in [0.2, 0.25) is 5.96 Å². The Kier molecular flexibility index (Phi) is 4.28. The SMILES string of the molecule is CC(=N)/C=C1\NC(N)=NN=C1c1ccc(C2CC2)cc1OC(F)F. The van der Waals surface area contributed by atoms with Crippen molar-refractivity contribution in [2.24, 2.45) is 15.9 Å². The highest BCUT2D eigenvalue weighted by atomic mass is 19.3. The maximum absolute atomic E-state index is 12.8. The van der Waals surface area contributed by atoms with Crippen LogP contribution in [-0.4, -0.2) is 24.0 Å². The van der Waals surface area contributed by atoms with Crippen LogP contribution < -0.4 is 15.8 Å². The van der Waals surface area contributed by atoms with E-state index in [-0.39, 0.29) is 17.4 Å². The van der Waals surface area contributed by atoms with Crippen LogP contribution in [0.1, 0.15) is 36.8 Å². The van der Waals surface area contributed by atoms with Gasteiger partial charge in [-0.2, -0.15) is 8.78 Å². The molecule has 0 amide bonds. The Morgan fingerprint density at radius 3 is 2.79 bits per heavy atom. The lowest BCUT2D eigenvalue weighted by molar-refractivity contribution is -0.0500. The number of nitrogens with two attached hydrogens (primary N) is 1. The third kappa shape index (κ3) is 3.58. The summed E-state index contributed by atoms with van der Waals surface area (Å²) in [6.07, 6.45) is 3.60. The average Bonchev–Trinajstić information content (AvgIpc) is 3.31. The highest BCUT2D eigenvalue weighted by Gasteiger charge is 2.27. The van der Waals surface area contributed by atoms with E-state index < -0.39 is 6.61 Å². The molecule has 0 bridgehead atoms. The number of benzene rings is 1. The zero-order valence-electron chi connectivity index (χ0n) is 13.0. The molecule has 1 heterocycles. The fraction of sp³-hybridized carbons (Fsp3) is 0.312. The van der Waals surface area contributed by atoms with Crippen molar-refractivity contribution in [1.29, 1.82) is 5.41 Å². The van der Waals surface area contributed by atoms with Crippen molar-refractivity contribution in [3.63, 3.8) is 0 Å². The fourth-order valence-corrected chi connectivity index (χ4v) is 2.50. The summed E-state index contributed by atoms with van der Waals surface area (Å²) < 4.78 is 30.3. The van der Waals surface area contributed by atoms with Crippen molar-refractivity contribution < 1.29 is 13.5 Å². The Labute approximate surface area is 137 Å². The molecule has 0 saturated heterocycles. The highest BCUT2D eigenvalue weighted by molar-refractivity contribution is 6.19. The van der Waals surface area contributed by atoms with Gasteiger partial charge in [-0.05, 0) is 49.5 Å². The van der Waals surface area contributed by atoms with E-state index in [9.17, 15) is 8.78 Å². The predicted molar refractivity (Wildman–Crippen MR) is 87.8 cm³/mol. The molecule has 24 heavy (non-hydrogen) atoms. The monoisotopic (exact) mass is 333 g/mol. The van der Waals surface area contributed by atoms with Crippen LogP contribution in [0.3, 0.4) is 0 Å². The molecule has 1 aliphatic heterocycles. The number of hydrogen-bond donors (Lipinski definition) is 3. The number of rotatable bonds is 5. The number of nitrogens with zero attached hydrogens (tertiary/aromatic N) is 2. The van der Waals surface area contributed by atoms with Crippen LogP contribution in [0.4, 0.5) is 8.78 Å². The van der Waals surface area contributed by atoms with Crippen LogP contribution in [0.15, 0.2) is 40.2 Å². The maximum Gasteiger partial charge on any atom is 0.387 e. The Morgan fingerprint density at radius 2 is 2.17 bits per heavy atom. The van der Waals surface area contributed by atoms with Gasteiger partial charge < -0.3 is 21.2 Å². The summed E-state index contributed by atoms with van der Waals surface area (Å²) in [6, 6.07) is 5.19. The van der Waals surface area contributed by atoms with Crippen molar-refractivity contribution in [1.82, 2.24) is 5.32 Å². The molecule has 1 aromatic rings. The Balaban J connectivity index is 2.06. The molecule has 3 rings (SSSR count). The molecular formula is C16H17F2N5O. The van der Waals surface area contributed by atoms with Gasteiger partial charge in [0, 0.05) is 11.3 Å². The molecule has 0 spiro atoms. The Morgan fingerprint density at radius 1 is 1.42 bits per heavy atom. The quantitative estimate of drug-likeness (QED) is 0.723. The topological polar surface area (TPSA) is 95.9 Å². The largest absolute Gasteiger partial charge is 0.434 e. The molecule has 2 aliphatic rings. The summed E-state index contributed by atoms with van der Waals surface area (Å²) in [5, 5.41) is 18.2. The van der Waals surface area contributed by atoms with E-state index in [1.54, 1.807) is 19.1 Å². The molecule has 0 aromatic heterocycles. The molecule has 0 unspecified atom stereocenters. The Bertz CT molecular complexity index is 766. The zero-order valence-corrected chi connectivity index (χ0v) is 13.0. The second kappa shape index (κ2) is 6.38. The van der Waals surface area contributed by atoms with Crippen LogP contribution in [0.2, 0.25) is 0 Å². The van der Waals surface area contributed by atoms with Crippen molar-refractivity contribution >= 4 is 17.4 Å². The van der Waals surface area contributed by atoms with E-state index in [1.165, 1.54) is 6.08 Å². The molecule has 126 valence electrons. The second-order valence-electron chi connectivity index (χ2n) is 5.71. The molecule has 1 aliphatic carbocycles. The molecule has 1 saturated carbocycles. The van der Waals surface area contributed by atoms with Gasteiger partial charge in [0.05, 0.1) is 5.70 Å². The molecule has 4 N–H and O–H groups in total. The van der Waals surface area contributed by atoms with E-state index in [2.05, 4.69) is 15.5 Å². The van der Waals surface area contributed by atoms with E-state index in [0.29, 0.717) is 22.9 Å². The number of nitrogens with one attached hydrogen (secondary N) is 2. The molecule has 6 nitrogen and oxygen atoms in total. The van der Waals surface area contributed by atoms with Gasteiger partial charge in [0.15, 0.2) is 0 Å². The van der Waals surface area contributed by atoms with Gasteiger partial charge in [-0.25, -0.2) is 0 Å². The zero-order chi connectivity index (χ0) is 17.3. The minimum absolute atomic E-state index is 0.0409. The lowest BCUT2D eigenvalue weighted by Crippen LogP contribution is -2.37. The van der Waals surface area contributed by atoms with Crippen molar-refractivity contribution in [2.45, 2.75) is 32.3 Å². The normalized spacial score (nSPS) is 18.9. The number of alkyl halides is 2. The first-order chi connectivity index (χ1) is 11.4. The van der Waals surface area contributed by atoms with Crippen LogP contribution in [0.5, 0.6) is 5.75 Å². The Hall–Kier alpha value is -2.77. The molecule has 1 fully saturated rings. The van der Waals surface area contributed by atoms with Crippen molar-refractivity contribution in [3.05, 3.63) is 41.1 Å². The number of ether oxygens (including phenoxy) is 1. The minimum atomic E-state index is -2.94. The molecular weight excluding hydrogens is 316 g/mol. The summed E-state index contributed by atoms with van der Waals surface area (Å²) in [5.41, 5.74) is 7.91. The van der Waals surface area contributed by atoms with Gasteiger partial charge in [-0.3, -0.25) is 0 Å². The molecule has 0 radical (unpaired) electrons. The number of halogens is 2. The van der Waals surface area contributed by atoms with Crippen LogP contribution in [-0.2, 0) is 0 Å². The number of allylic oxidation sites excluding steroid dienone is 2. The summed E-state index contributed by atoms with van der Waals surface area (Å²) in [4.78, 5) is 0. The average molecular weight is 333 g/mol. The fourth-order valence-electron chi connectivity index (χ4n) is 2.50. The minimum Gasteiger partial charge on any atom is -0.434 e. The first kappa shape index (κ1) is 16.1. The van der Waals surface area contributed by atoms with E-state index in [0.717, 1.165) is 18.4 Å². The first-order valence-electron chi connectivity index (χ1n) is 7.48. The first-order valence-corrected chi connectivity index (χ1v) is 7.48. The van der Waals surface area contributed by atoms with E-state index in [4.69, 9.17) is 15.9 Å². The number of guanidine groups is 1. The smallest absolute Gasteiger partial charge is 0.387 e. The third-order valence-corrected chi connectivity index (χ3v) is 3.66. The molecule has 0 atom stereocenters. The van der Waals surface area contributed by atoms with Crippen LogP contribution in [0.25, 0.3) is 0 Å². The highest BCUT2D eigenvalue weighted by Crippen LogP contribution is 2.42. The predicted octanol–water partition coefficient (Wildman–Crippen LogP) is 2.71. The van der Waals surface area contributed by atoms with Gasteiger partial charge >= 0.3 is 6.61 Å². The lowest BCUT2D eigenvalue weighted by Gasteiger charge is -2.19. The van der Waals surface area contributed by atoms with Crippen LogP contribution in [0, 0.1) is 5.41 Å². The second-order valence-corrected chi connectivity index (χ2v) is 5.71. The summed E-state index contributed by atoms with van der Waals surface area (Å²) >= 11 is 0. The standard InChI is InChI=1S/C16H17F2N5O/c1-8(19)6-12-14(22-23-16(20)21-12)11-5-4-10(9-2-3-9)7-13(11)24-15(17)18/h4-7,9,15,19H,2-3H2,1H3,(H3,20,21,23)/b12-6-,19-8?. The van der Waals surface area contributed by atoms with Gasteiger partial charge in [0.25, 0.3) is 0 Å². The summed E-state index contributed by atoms with van der Waals surface area (Å²) in [7, 11) is 0. The van der Waals surface area contributed by atoms with Gasteiger partial charge in [-0.15, -0.1) is 10.2 Å². The van der Waals surface area contributed by atoms with E-state index in [1.807, 2.05) is 6.07 Å². The van der Waals surface area contributed by atoms with Crippen LogP contribution >= 0.6 is 0 Å². The lowest BCUT2D eigenvalue weighted by atomic mass is 10.0. The number of hydrogen-bond acceptors (Lipinski definition) is 6.